The molecule has 0 radical (unpaired) electrons. The third kappa shape index (κ3) is 5.60. The molecule has 55 heavy (non-hydrogen) atoms. The molecule has 3 heteroatoms. The monoisotopic (exact) mass is 735 g/mol. The van der Waals surface area contributed by atoms with Gasteiger partial charge in [-0.3, -0.25) is 0 Å². The Hall–Kier alpha value is -6.52. The lowest BCUT2D eigenvalue weighted by atomic mass is 9.97. The van der Waals surface area contributed by atoms with Crippen LogP contribution in [0.3, 0.4) is 0 Å². The van der Waals surface area contributed by atoms with E-state index in [-0.39, 0.29) is 0 Å². The van der Waals surface area contributed by atoms with E-state index in [2.05, 4.69) is 205 Å². The minimum Gasteiger partial charge on any atom is -0.310 e. The number of rotatable bonds is 6. The first kappa shape index (κ1) is 32.0. The molecule has 2 heterocycles. The quantitative estimate of drug-likeness (QED) is 0.164. The third-order valence-corrected chi connectivity index (χ3v) is 13.1. The summed E-state index contributed by atoms with van der Waals surface area (Å²) in [4.78, 5) is 2.40. The highest BCUT2D eigenvalue weighted by molar-refractivity contribution is 7.26. The topological polar surface area (TPSA) is 3.24 Å². The van der Waals surface area contributed by atoms with Crippen LogP contribution in [-0.4, -0.2) is 0 Å². The number of benzene rings is 9. The van der Waals surface area contributed by atoms with E-state index in [1.165, 1.54) is 84.5 Å². The Balaban J connectivity index is 1.03. The first-order valence-corrected chi connectivity index (χ1v) is 20.3. The molecule has 258 valence electrons. The Morgan fingerprint density at radius 1 is 0.273 bits per heavy atom. The standard InChI is InChI=1S/C52H33NS2/c1-2-16-43-35(10-1)11-9-19-44(43)39-13-8-15-42(31-39)53(40-26-22-34(23-27-40)37-24-28-47-45-17-3-5-20-49(45)54-51(47)32-37)41-14-7-12-36(30-41)38-25-29-48-46-18-4-6-21-50(46)55-52(48)33-38/h1-33H. The molecule has 0 aliphatic heterocycles. The molecule has 9 aromatic carbocycles. The molecule has 1 nitrogen and oxygen atoms in total. The lowest BCUT2D eigenvalue weighted by Gasteiger charge is -2.27. The van der Waals surface area contributed by atoms with E-state index in [0.717, 1.165) is 17.1 Å². The molecule has 2 aromatic heterocycles. The van der Waals surface area contributed by atoms with E-state index < -0.39 is 0 Å². The van der Waals surface area contributed by atoms with Crippen molar-refractivity contribution >= 4 is 90.9 Å². The number of hydrogen-bond acceptors (Lipinski definition) is 3. The van der Waals surface area contributed by atoms with Gasteiger partial charge in [0.25, 0.3) is 0 Å². The molecular formula is C52H33NS2. The van der Waals surface area contributed by atoms with Crippen LogP contribution in [0.25, 0.3) is 84.5 Å². The largest absolute Gasteiger partial charge is 0.310 e. The molecule has 0 saturated heterocycles. The van der Waals surface area contributed by atoms with Crippen LogP contribution in [0.5, 0.6) is 0 Å². The van der Waals surface area contributed by atoms with Crippen LogP contribution in [0.2, 0.25) is 0 Å². The average molecular weight is 736 g/mol. The van der Waals surface area contributed by atoms with Crippen molar-refractivity contribution in [1.82, 2.24) is 0 Å². The Labute approximate surface area is 327 Å². The summed E-state index contributed by atoms with van der Waals surface area (Å²) in [6, 6.07) is 73.5. The van der Waals surface area contributed by atoms with Gasteiger partial charge in [0.05, 0.1) is 0 Å². The Morgan fingerprint density at radius 3 is 1.42 bits per heavy atom. The lowest BCUT2D eigenvalue weighted by Crippen LogP contribution is -2.10. The summed E-state index contributed by atoms with van der Waals surface area (Å²) in [7, 11) is 0. The maximum absolute atomic E-state index is 2.40. The number of anilines is 3. The Bertz CT molecular complexity index is 3220. The average Bonchev–Trinajstić information content (AvgIpc) is 3.82. The van der Waals surface area contributed by atoms with Crippen LogP contribution in [0.15, 0.2) is 200 Å². The summed E-state index contributed by atoms with van der Waals surface area (Å²) in [5.74, 6) is 0. The molecule has 0 saturated carbocycles. The van der Waals surface area contributed by atoms with Crippen molar-refractivity contribution in [3.05, 3.63) is 200 Å². The van der Waals surface area contributed by atoms with Gasteiger partial charge in [0, 0.05) is 57.4 Å². The highest BCUT2D eigenvalue weighted by Crippen LogP contribution is 2.42. The summed E-state index contributed by atoms with van der Waals surface area (Å²) in [5, 5.41) is 7.80. The van der Waals surface area contributed by atoms with Gasteiger partial charge >= 0.3 is 0 Å². The van der Waals surface area contributed by atoms with Crippen molar-refractivity contribution in [1.29, 1.82) is 0 Å². The smallest absolute Gasteiger partial charge is 0.0467 e. The van der Waals surface area contributed by atoms with Crippen LogP contribution >= 0.6 is 22.7 Å². The Morgan fingerprint density at radius 2 is 0.745 bits per heavy atom. The van der Waals surface area contributed by atoms with Crippen molar-refractivity contribution in [3.8, 4) is 33.4 Å². The van der Waals surface area contributed by atoms with E-state index in [1.807, 2.05) is 22.7 Å². The van der Waals surface area contributed by atoms with Gasteiger partial charge in [-0.05, 0) is 105 Å². The SMILES string of the molecule is c1cc(-c2ccc3c(c2)sc2ccccc23)cc(N(c2ccc(-c3ccc4c(c3)sc3ccccc34)cc2)c2cccc(-c3cccc4ccccc34)c2)c1. The van der Waals surface area contributed by atoms with Crippen LogP contribution in [0, 0.1) is 0 Å². The molecule has 0 amide bonds. The fourth-order valence-electron chi connectivity index (χ4n) is 8.18. The fourth-order valence-corrected chi connectivity index (χ4v) is 10.5. The summed E-state index contributed by atoms with van der Waals surface area (Å²) in [6.45, 7) is 0. The predicted octanol–water partition coefficient (Wildman–Crippen LogP) is 16.0. The number of hydrogen-bond donors (Lipinski definition) is 0. The zero-order chi connectivity index (χ0) is 36.3. The molecule has 11 aromatic rings. The molecule has 11 rings (SSSR count). The van der Waals surface area contributed by atoms with Gasteiger partial charge in [-0.25, -0.2) is 0 Å². The van der Waals surface area contributed by atoms with Gasteiger partial charge in [0.15, 0.2) is 0 Å². The second-order valence-corrected chi connectivity index (χ2v) is 16.3. The van der Waals surface area contributed by atoms with Gasteiger partial charge in [0.2, 0.25) is 0 Å². The summed E-state index contributed by atoms with van der Waals surface area (Å²) in [6.07, 6.45) is 0. The molecular weight excluding hydrogens is 703 g/mol. The van der Waals surface area contributed by atoms with Crippen LogP contribution in [0.4, 0.5) is 17.1 Å². The molecule has 0 spiro atoms. The molecule has 0 aliphatic carbocycles. The van der Waals surface area contributed by atoms with Crippen LogP contribution in [-0.2, 0) is 0 Å². The minimum absolute atomic E-state index is 1.11. The first-order valence-electron chi connectivity index (χ1n) is 18.7. The van der Waals surface area contributed by atoms with Crippen molar-refractivity contribution in [2.45, 2.75) is 0 Å². The number of nitrogens with zero attached hydrogens (tertiary/aromatic N) is 1. The molecule has 0 N–H and O–H groups in total. The predicted molar refractivity (Wildman–Crippen MR) is 241 cm³/mol. The second kappa shape index (κ2) is 13.1. The molecule has 0 aliphatic rings. The zero-order valence-electron chi connectivity index (χ0n) is 29.8. The fraction of sp³-hybridized carbons (Fsp3) is 0. The van der Waals surface area contributed by atoms with Crippen LogP contribution < -0.4 is 4.90 Å². The Kier molecular flexibility index (Phi) is 7.61. The summed E-state index contributed by atoms with van der Waals surface area (Å²) in [5.41, 5.74) is 10.6. The van der Waals surface area contributed by atoms with Gasteiger partial charge in [0.1, 0.15) is 0 Å². The van der Waals surface area contributed by atoms with Crippen molar-refractivity contribution in [3.63, 3.8) is 0 Å². The third-order valence-electron chi connectivity index (χ3n) is 10.9. The van der Waals surface area contributed by atoms with Gasteiger partial charge in [-0.2, -0.15) is 0 Å². The van der Waals surface area contributed by atoms with Gasteiger partial charge in [-0.15, -0.1) is 22.7 Å². The summed E-state index contributed by atoms with van der Waals surface area (Å²) >= 11 is 3.73. The van der Waals surface area contributed by atoms with E-state index in [9.17, 15) is 0 Å². The highest BCUT2D eigenvalue weighted by atomic mass is 32.1. The summed E-state index contributed by atoms with van der Waals surface area (Å²) < 4.78 is 5.29. The highest BCUT2D eigenvalue weighted by Gasteiger charge is 2.17. The van der Waals surface area contributed by atoms with Crippen molar-refractivity contribution in [2.75, 3.05) is 4.90 Å². The number of fused-ring (bicyclic) bond motifs is 7. The zero-order valence-corrected chi connectivity index (χ0v) is 31.4. The van der Waals surface area contributed by atoms with Gasteiger partial charge < -0.3 is 4.90 Å². The van der Waals surface area contributed by atoms with Gasteiger partial charge in [-0.1, -0.05) is 140 Å². The first-order chi connectivity index (χ1) is 27.2. The molecule has 0 atom stereocenters. The van der Waals surface area contributed by atoms with E-state index >= 15 is 0 Å². The second-order valence-electron chi connectivity index (χ2n) is 14.1. The number of thiophene rings is 2. The maximum Gasteiger partial charge on any atom is 0.0467 e. The van der Waals surface area contributed by atoms with E-state index in [0.29, 0.717) is 0 Å². The lowest BCUT2D eigenvalue weighted by molar-refractivity contribution is 1.28. The molecule has 0 bridgehead atoms. The minimum atomic E-state index is 1.11. The normalized spacial score (nSPS) is 11.6. The van der Waals surface area contributed by atoms with Crippen molar-refractivity contribution < 1.29 is 0 Å². The van der Waals surface area contributed by atoms with E-state index in [1.54, 1.807) is 0 Å². The van der Waals surface area contributed by atoms with Crippen LogP contribution in [0.1, 0.15) is 0 Å². The molecule has 0 fully saturated rings. The maximum atomic E-state index is 2.40. The van der Waals surface area contributed by atoms with Crippen molar-refractivity contribution in [2.24, 2.45) is 0 Å². The van der Waals surface area contributed by atoms with E-state index in [4.69, 9.17) is 0 Å². The molecule has 0 unspecified atom stereocenters.